The van der Waals surface area contributed by atoms with Crippen molar-refractivity contribution in [2.45, 2.75) is 33.8 Å². The van der Waals surface area contributed by atoms with Gasteiger partial charge >= 0.3 is 5.97 Å². The molecule has 0 aromatic heterocycles. The lowest BCUT2D eigenvalue weighted by Crippen LogP contribution is -2.35. The first kappa shape index (κ1) is 21.1. The van der Waals surface area contributed by atoms with E-state index in [4.69, 9.17) is 9.84 Å². The van der Waals surface area contributed by atoms with E-state index in [1.807, 2.05) is 0 Å². The number of nitrogens with one attached hydrogen (secondary N) is 2. The number of benzene rings is 1. The first-order valence-electron chi connectivity index (χ1n) is 7.75. The molecule has 9 heteroatoms. The molecule has 1 aromatic rings. The quantitative estimate of drug-likeness (QED) is 0.600. The summed E-state index contributed by atoms with van der Waals surface area (Å²) in [4.78, 5) is 23.1. The highest BCUT2D eigenvalue weighted by Gasteiger charge is 2.15. The zero-order valence-corrected chi connectivity index (χ0v) is 15.6. The van der Waals surface area contributed by atoms with Crippen molar-refractivity contribution in [2.24, 2.45) is 0 Å². The molecule has 1 aromatic carbocycles. The topological polar surface area (TPSA) is 122 Å². The molecule has 0 aliphatic rings. The lowest BCUT2D eigenvalue weighted by molar-refractivity contribution is -0.115. The second-order valence-corrected chi connectivity index (χ2v) is 7.82. The summed E-state index contributed by atoms with van der Waals surface area (Å²) in [6.07, 6.45) is -0.0774. The minimum absolute atomic E-state index is 0.0354. The molecule has 0 saturated carbocycles. The molecule has 8 nitrogen and oxygen atoms in total. The molecule has 1 rings (SSSR count). The summed E-state index contributed by atoms with van der Waals surface area (Å²) in [6, 6.07) is 3.00. The number of aryl methyl sites for hydroxylation is 2. The Bertz CT molecular complexity index is 743. The normalized spacial score (nSPS) is 11.6. The molecule has 0 fully saturated rings. The van der Waals surface area contributed by atoms with Gasteiger partial charge in [-0.3, -0.25) is 4.79 Å². The van der Waals surface area contributed by atoms with E-state index in [0.29, 0.717) is 16.8 Å². The van der Waals surface area contributed by atoms with Gasteiger partial charge in [-0.15, -0.1) is 0 Å². The molecule has 0 aliphatic heterocycles. The van der Waals surface area contributed by atoms with E-state index >= 15 is 0 Å². The molecule has 0 unspecified atom stereocenters. The number of ether oxygens (including phenoxy) is 1. The van der Waals surface area contributed by atoms with Crippen LogP contribution in [0.2, 0.25) is 0 Å². The highest BCUT2D eigenvalue weighted by Crippen LogP contribution is 2.20. The molecule has 0 radical (unpaired) electrons. The van der Waals surface area contributed by atoms with Crippen LogP contribution in [0.15, 0.2) is 12.1 Å². The number of hydrogen-bond acceptors (Lipinski definition) is 5. The van der Waals surface area contributed by atoms with Crippen LogP contribution >= 0.6 is 0 Å². The van der Waals surface area contributed by atoms with Crippen LogP contribution in [0.1, 0.15) is 35.3 Å². The van der Waals surface area contributed by atoms with Gasteiger partial charge in [0.25, 0.3) is 0 Å². The average Bonchev–Trinajstić information content (AvgIpc) is 2.47. The molecule has 140 valence electrons. The molecule has 3 N–H and O–H groups in total. The molecule has 1 amide bonds. The number of amides is 1. The monoisotopic (exact) mass is 372 g/mol. The van der Waals surface area contributed by atoms with Gasteiger partial charge in [0.2, 0.25) is 15.9 Å². The summed E-state index contributed by atoms with van der Waals surface area (Å²) >= 11 is 0. The summed E-state index contributed by atoms with van der Waals surface area (Å²) in [6.45, 7) is 6.57. The fourth-order valence-corrected chi connectivity index (χ4v) is 2.86. The summed E-state index contributed by atoms with van der Waals surface area (Å²) in [7, 11) is -3.63. The molecule has 0 atom stereocenters. The number of rotatable bonds is 9. The fraction of sp³-hybridized carbons (Fsp3) is 0.500. The first-order valence-corrected chi connectivity index (χ1v) is 9.40. The van der Waals surface area contributed by atoms with Crippen molar-refractivity contribution in [2.75, 3.05) is 24.2 Å². The Morgan fingerprint density at radius 2 is 1.84 bits per heavy atom. The van der Waals surface area contributed by atoms with Gasteiger partial charge in [0.05, 0.1) is 30.6 Å². The highest BCUT2D eigenvalue weighted by molar-refractivity contribution is 7.89. The Kier molecular flexibility index (Phi) is 7.53. The second-order valence-electron chi connectivity index (χ2n) is 5.89. The van der Waals surface area contributed by atoms with Gasteiger partial charge < -0.3 is 15.2 Å². The Morgan fingerprint density at radius 3 is 2.40 bits per heavy atom. The van der Waals surface area contributed by atoms with E-state index in [2.05, 4.69) is 10.0 Å². The van der Waals surface area contributed by atoms with Crippen molar-refractivity contribution >= 4 is 27.6 Å². The summed E-state index contributed by atoms with van der Waals surface area (Å²) < 4.78 is 30.9. The number of aromatic carboxylic acids is 1. The zero-order chi connectivity index (χ0) is 19.2. The number of carbonyl (C=O) groups excluding carboxylic acids is 1. The largest absolute Gasteiger partial charge is 0.478 e. The van der Waals surface area contributed by atoms with Gasteiger partial charge in [-0.25, -0.2) is 17.9 Å². The van der Waals surface area contributed by atoms with Crippen LogP contribution in [0, 0.1) is 13.8 Å². The van der Waals surface area contributed by atoms with Crippen LogP contribution in [0.4, 0.5) is 5.69 Å². The van der Waals surface area contributed by atoms with Crippen LogP contribution in [0.5, 0.6) is 0 Å². The number of sulfonamides is 1. The van der Waals surface area contributed by atoms with E-state index in [-0.39, 0.29) is 24.0 Å². The molecular formula is C16H24N2O6S. The van der Waals surface area contributed by atoms with E-state index in [9.17, 15) is 18.0 Å². The van der Waals surface area contributed by atoms with Crippen molar-refractivity contribution in [3.8, 4) is 0 Å². The zero-order valence-electron chi connectivity index (χ0n) is 14.8. The van der Waals surface area contributed by atoms with E-state index in [0.717, 1.165) is 0 Å². The summed E-state index contributed by atoms with van der Waals surface area (Å²) in [5.41, 5.74) is 1.67. The molecule has 0 saturated heterocycles. The van der Waals surface area contributed by atoms with Crippen molar-refractivity contribution in [3.63, 3.8) is 0 Å². The predicted octanol–water partition coefficient (Wildman–Crippen LogP) is 1.28. The Morgan fingerprint density at radius 1 is 1.20 bits per heavy atom. The van der Waals surface area contributed by atoms with Crippen LogP contribution in [-0.2, 0) is 19.6 Å². The maximum atomic E-state index is 11.9. The summed E-state index contributed by atoms with van der Waals surface area (Å²) in [5, 5.41) is 11.6. The van der Waals surface area contributed by atoms with E-state index in [1.54, 1.807) is 33.8 Å². The smallest absolute Gasteiger partial charge is 0.336 e. The minimum atomic E-state index is -3.63. The van der Waals surface area contributed by atoms with E-state index in [1.165, 1.54) is 6.07 Å². The van der Waals surface area contributed by atoms with Crippen LogP contribution in [0.3, 0.4) is 0 Å². The molecule has 0 bridgehead atoms. The third kappa shape index (κ3) is 7.20. The molecule has 0 spiro atoms. The third-order valence-corrected chi connectivity index (χ3v) is 4.62. The van der Waals surface area contributed by atoms with Gasteiger partial charge in [-0.05, 0) is 44.9 Å². The number of anilines is 1. The molecule has 25 heavy (non-hydrogen) atoms. The first-order chi connectivity index (χ1) is 11.5. The van der Waals surface area contributed by atoms with E-state index < -0.39 is 28.4 Å². The van der Waals surface area contributed by atoms with Crippen LogP contribution in [-0.4, -0.2) is 50.4 Å². The molecule has 0 aliphatic carbocycles. The third-order valence-electron chi connectivity index (χ3n) is 3.33. The Balaban J connectivity index is 2.65. The average molecular weight is 372 g/mol. The number of hydrogen-bond donors (Lipinski definition) is 3. The fourth-order valence-electron chi connectivity index (χ4n) is 2.05. The predicted molar refractivity (Wildman–Crippen MR) is 94.4 cm³/mol. The van der Waals surface area contributed by atoms with Gasteiger partial charge in [-0.2, -0.15) is 0 Å². The maximum absolute atomic E-state index is 11.9. The molecular weight excluding hydrogens is 348 g/mol. The van der Waals surface area contributed by atoms with Crippen molar-refractivity contribution in [3.05, 3.63) is 28.8 Å². The number of carbonyl (C=O) groups is 2. The lowest BCUT2D eigenvalue weighted by atomic mass is 10.0. The van der Waals surface area contributed by atoms with Crippen LogP contribution < -0.4 is 10.0 Å². The van der Waals surface area contributed by atoms with Gasteiger partial charge in [0.15, 0.2) is 0 Å². The standard InChI is InChI=1S/C16H24N2O6S/c1-10(2)24-5-6-25(22,23)17-9-15(19)18-14-8-13(16(20)21)11(3)7-12(14)4/h7-8,10,17H,5-6,9H2,1-4H3,(H,18,19)(H,20,21). The minimum Gasteiger partial charge on any atom is -0.478 e. The molecule has 0 heterocycles. The maximum Gasteiger partial charge on any atom is 0.336 e. The highest BCUT2D eigenvalue weighted by atomic mass is 32.2. The van der Waals surface area contributed by atoms with Gasteiger partial charge in [0, 0.05) is 5.69 Å². The van der Waals surface area contributed by atoms with Crippen molar-refractivity contribution < 1.29 is 27.9 Å². The van der Waals surface area contributed by atoms with Crippen LogP contribution in [0.25, 0.3) is 0 Å². The lowest BCUT2D eigenvalue weighted by Gasteiger charge is -2.12. The Labute approximate surface area is 147 Å². The van der Waals surface area contributed by atoms with Gasteiger partial charge in [-0.1, -0.05) is 6.07 Å². The SMILES string of the molecule is Cc1cc(C)c(C(=O)O)cc1NC(=O)CNS(=O)(=O)CCOC(C)C. The number of carboxylic acid groups (broad SMARTS) is 1. The van der Waals surface area contributed by atoms with Crippen molar-refractivity contribution in [1.29, 1.82) is 0 Å². The summed E-state index contributed by atoms with van der Waals surface area (Å²) in [5.74, 6) is -1.93. The number of carboxylic acids is 1. The Hall–Kier alpha value is -1.97. The second kappa shape index (κ2) is 8.93. The van der Waals surface area contributed by atoms with Gasteiger partial charge in [0.1, 0.15) is 0 Å². The van der Waals surface area contributed by atoms with Crippen molar-refractivity contribution in [1.82, 2.24) is 4.72 Å².